The van der Waals surface area contributed by atoms with E-state index in [-0.39, 0.29) is 5.57 Å². The Balaban J connectivity index is 1.78. The fourth-order valence-corrected chi connectivity index (χ4v) is 4.24. The van der Waals surface area contributed by atoms with Crippen LogP contribution in [0.2, 0.25) is 0 Å². The first-order valence-corrected chi connectivity index (χ1v) is 11.0. The molecule has 3 aromatic rings. The Labute approximate surface area is 202 Å². The van der Waals surface area contributed by atoms with Crippen molar-refractivity contribution < 1.29 is 23.9 Å². The van der Waals surface area contributed by atoms with Crippen LogP contribution < -0.4 is 10.2 Å². The fourth-order valence-electron chi connectivity index (χ4n) is 4.24. The lowest BCUT2D eigenvalue weighted by Crippen LogP contribution is -2.54. The Bertz CT molecular complexity index is 1410. The van der Waals surface area contributed by atoms with Gasteiger partial charge in [0.1, 0.15) is 5.57 Å². The maximum Gasteiger partial charge on any atom is 0.338 e. The molecule has 1 saturated heterocycles. The van der Waals surface area contributed by atoms with E-state index in [9.17, 15) is 19.2 Å². The number of hydrogen-bond donors (Lipinski definition) is 1. The molecule has 8 heteroatoms. The molecule has 35 heavy (non-hydrogen) atoms. The largest absolute Gasteiger partial charge is 0.465 e. The van der Waals surface area contributed by atoms with Gasteiger partial charge < -0.3 is 9.30 Å². The number of rotatable bonds is 4. The molecule has 1 aliphatic heterocycles. The molecular formula is C27H25N3O5. The number of carbonyl (C=O) groups excluding carboxylic acids is 4. The number of urea groups is 1. The van der Waals surface area contributed by atoms with E-state index in [1.54, 1.807) is 36.4 Å². The van der Waals surface area contributed by atoms with Gasteiger partial charge in [-0.25, -0.2) is 14.5 Å². The molecule has 4 amide bonds. The molecule has 0 radical (unpaired) electrons. The summed E-state index contributed by atoms with van der Waals surface area (Å²) in [6.07, 6.45) is 1.49. The van der Waals surface area contributed by atoms with Crippen molar-refractivity contribution in [1.82, 2.24) is 9.88 Å². The minimum Gasteiger partial charge on any atom is -0.465 e. The number of hydrogen-bond acceptors (Lipinski definition) is 5. The van der Waals surface area contributed by atoms with Crippen molar-refractivity contribution in [2.45, 2.75) is 27.7 Å². The molecule has 0 atom stereocenters. The number of nitrogens with zero attached hydrogens (tertiary/aromatic N) is 2. The van der Waals surface area contributed by atoms with Crippen molar-refractivity contribution in [3.8, 4) is 5.69 Å². The average molecular weight is 472 g/mol. The number of nitrogens with one attached hydrogen (secondary N) is 1. The van der Waals surface area contributed by atoms with Crippen LogP contribution in [0.1, 0.15) is 38.4 Å². The van der Waals surface area contributed by atoms with Gasteiger partial charge in [0.05, 0.1) is 18.4 Å². The second-order valence-electron chi connectivity index (χ2n) is 8.40. The van der Waals surface area contributed by atoms with Crippen LogP contribution >= 0.6 is 0 Å². The predicted molar refractivity (Wildman–Crippen MR) is 132 cm³/mol. The van der Waals surface area contributed by atoms with Gasteiger partial charge >= 0.3 is 12.0 Å². The van der Waals surface area contributed by atoms with Gasteiger partial charge in [-0.3, -0.25) is 14.9 Å². The van der Waals surface area contributed by atoms with Crippen LogP contribution in [0, 0.1) is 27.7 Å². The molecule has 2 heterocycles. The second kappa shape index (κ2) is 9.06. The number of methoxy groups -OCH3 is 1. The second-order valence-corrected chi connectivity index (χ2v) is 8.40. The smallest absolute Gasteiger partial charge is 0.338 e. The maximum atomic E-state index is 13.2. The van der Waals surface area contributed by atoms with Crippen molar-refractivity contribution in [1.29, 1.82) is 0 Å². The molecule has 178 valence electrons. The van der Waals surface area contributed by atoms with Gasteiger partial charge in [0.15, 0.2) is 0 Å². The number of ether oxygens (including phenoxy) is 1. The summed E-state index contributed by atoms with van der Waals surface area (Å²) in [5.74, 6) is -1.88. The van der Waals surface area contributed by atoms with Crippen LogP contribution in [0.4, 0.5) is 10.5 Å². The molecule has 0 spiro atoms. The van der Waals surface area contributed by atoms with E-state index in [0.717, 1.165) is 33.1 Å². The van der Waals surface area contributed by atoms with Crippen molar-refractivity contribution in [3.63, 3.8) is 0 Å². The summed E-state index contributed by atoms with van der Waals surface area (Å²) in [4.78, 5) is 51.4. The van der Waals surface area contributed by atoms with Crippen molar-refractivity contribution in [3.05, 3.63) is 87.7 Å². The zero-order valence-electron chi connectivity index (χ0n) is 20.1. The van der Waals surface area contributed by atoms with Gasteiger partial charge in [-0.1, -0.05) is 23.8 Å². The highest BCUT2D eigenvalue weighted by molar-refractivity contribution is 6.39. The zero-order valence-corrected chi connectivity index (χ0v) is 20.1. The molecule has 8 nitrogen and oxygen atoms in total. The first-order valence-electron chi connectivity index (χ1n) is 11.0. The molecule has 0 bridgehead atoms. The SMILES string of the molecule is COC(=O)c1cccc(-n2c(C)cc(/C=C3\C(=O)NC(=O)N(c4ccc(C)cc4)C3=O)c2C)c1C. The van der Waals surface area contributed by atoms with Crippen LogP contribution in [0.25, 0.3) is 11.8 Å². The van der Waals surface area contributed by atoms with Gasteiger partial charge in [0, 0.05) is 17.1 Å². The van der Waals surface area contributed by atoms with Crippen LogP contribution in [0.5, 0.6) is 0 Å². The summed E-state index contributed by atoms with van der Waals surface area (Å²) in [7, 11) is 1.34. The number of benzene rings is 2. The third kappa shape index (κ3) is 4.14. The molecule has 4 rings (SSSR count). The lowest BCUT2D eigenvalue weighted by molar-refractivity contribution is -0.122. The van der Waals surface area contributed by atoms with E-state index in [0.29, 0.717) is 16.8 Å². The highest BCUT2D eigenvalue weighted by Crippen LogP contribution is 2.28. The quantitative estimate of drug-likeness (QED) is 0.350. The number of amides is 4. The predicted octanol–water partition coefficient (Wildman–Crippen LogP) is 4.16. The maximum absolute atomic E-state index is 13.2. The third-order valence-electron chi connectivity index (χ3n) is 6.12. The molecule has 0 unspecified atom stereocenters. The van der Waals surface area contributed by atoms with Gasteiger partial charge in [-0.15, -0.1) is 0 Å². The van der Waals surface area contributed by atoms with E-state index in [1.165, 1.54) is 13.2 Å². The minimum atomic E-state index is -0.790. The van der Waals surface area contributed by atoms with Crippen LogP contribution in [0.15, 0.2) is 54.1 Å². The highest BCUT2D eigenvalue weighted by Gasteiger charge is 2.37. The number of aromatic nitrogens is 1. The third-order valence-corrected chi connectivity index (χ3v) is 6.12. The summed E-state index contributed by atoms with van der Waals surface area (Å²) in [5, 5.41) is 2.25. The number of barbiturate groups is 1. The van der Waals surface area contributed by atoms with Crippen molar-refractivity contribution in [2.24, 2.45) is 0 Å². The molecule has 1 fully saturated rings. The Morgan fingerprint density at radius 3 is 2.31 bits per heavy atom. The topological polar surface area (TPSA) is 97.7 Å². The summed E-state index contributed by atoms with van der Waals surface area (Å²) in [6.45, 7) is 7.48. The number of aryl methyl sites for hydroxylation is 2. The monoisotopic (exact) mass is 471 g/mol. The van der Waals surface area contributed by atoms with Crippen molar-refractivity contribution in [2.75, 3.05) is 12.0 Å². The normalized spacial score (nSPS) is 14.9. The Kier molecular flexibility index (Phi) is 6.13. The first kappa shape index (κ1) is 23.7. The van der Waals surface area contributed by atoms with E-state index in [1.807, 2.05) is 44.4 Å². The average Bonchev–Trinajstić information content (AvgIpc) is 3.10. The summed E-state index contributed by atoms with van der Waals surface area (Å²) in [5.41, 5.74) is 5.42. The summed E-state index contributed by atoms with van der Waals surface area (Å²) in [6, 6.07) is 13.3. The standard InChI is InChI=1S/C27H25N3O5/c1-15-9-11-20(12-10-15)30-25(32)22(24(31)28-27(30)34)14-19-13-16(2)29(18(19)4)23-8-6-7-21(17(23)3)26(33)35-5/h6-14H,1-5H3,(H,28,31,34)/b22-14+. The molecule has 1 aliphatic rings. The van der Waals surface area contributed by atoms with Gasteiger partial charge in [-0.2, -0.15) is 0 Å². The van der Waals surface area contributed by atoms with E-state index in [4.69, 9.17) is 4.74 Å². The number of carbonyl (C=O) groups is 4. The highest BCUT2D eigenvalue weighted by atomic mass is 16.5. The Morgan fingerprint density at radius 2 is 1.66 bits per heavy atom. The Morgan fingerprint density at radius 1 is 0.971 bits per heavy atom. The number of anilines is 1. The zero-order chi connectivity index (χ0) is 25.4. The van der Waals surface area contributed by atoms with Gasteiger partial charge in [0.2, 0.25) is 0 Å². The van der Waals surface area contributed by atoms with Crippen LogP contribution in [-0.2, 0) is 14.3 Å². The van der Waals surface area contributed by atoms with E-state index in [2.05, 4.69) is 5.32 Å². The van der Waals surface area contributed by atoms with Crippen LogP contribution in [0.3, 0.4) is 0 Å². The molecular weight excluding hydrogens is 446 g/mol. The molecule has 2 aromatic carbocycles. The lowest BCUT2D eigenvalue weighted by atomic mass is 10.1. The summed E-state index contributed by atoms with van der Waals surface area (Å²) < 4.78 is 6.83. The van der Waals surface area contributed by atoms with E-state index < -0.39 is 23.8 Å². The first-order chi connectivity index (χ1) is 16.6. The van der Waals surface area contributed by atoms with Crippen molar-refractivity contribution >= 4 is 35.6 Å². The molecule has 1 N–H and O–H groups in total. The number of imide groups is 2. The summed E-state index contributed by atoms with van der Waals surface area (Å²) >= 11 is 0. The lowest BCUT2D eigenvalue weighted by Gasteiger charge is -2.26. The molecule has 1 aromatic heterocycles. The molecule has 0 aliphatic carbocycles. The fraction of sp³-hybridized carbons (Fsp3) is 0.185. The number of esters is 1. The van der Waals surface area contributed by atoms with E-state index >= 15 is 0 Å². The van der Waals surface area contributed by atoms with Gasteiger partial charge in [-0.05, 0) is 75.2 Å². The molecule has 0 saturated carbocycles. The van der Waals surface area contributed by atoms with Crippen LogP contribution in [-0.4, -0.2) is 35.5 Å². The Hall–Kier alpha value is -4.46. The minimum absolute atomic E-state index is 0.148. The van der Waals surface area contributed by atoms with Gasteiger partial charge in [0.25, 0.3) is 11.8 Å².